The maximum Gasteiger partial charge on any atom is 0.182 e. The molecule has 1 saturated carbocycles. The molecule has 2 N–H and O–H groups in total. The average Bonchev–Trinajstić information content (AvgIpc) is 3.35. The second-order valence-electron chi connectivity index (χ2n) is 8.95. The highest BCUT2D eigenvalue weighted by molar-refractivity contribution is 5.90. The van der Waals surface area contributed by atoms with Crippen LogP contribution in [-0.2, 0) is 16.9 Å². The topological polar surface area (TPSA) is 52.6 Å². The van der Waals surface area contributed by atoms with Gasteiger partial charge in [-0.25, -0.2) is 0 Å². The third-order valence-electron chi connectivity index (χ3n) is 6.97. The van der Waals surface area contributed by atoms with E-state index in [1.54, 1.807) is 0 Å². The molecule has 1 saturated heterocycles. The summed E-state index contributed by atoms with van der Waals surface area (Å²) in [5.41, 5.74) is 0.739. The molecule has 30 heavy (non-hydrogen) atoms. The van der Waals surface area contributed by atoms with Crippen molar-refractivity contribution in [1.82, 2.24) is 10.2 Å². The maximum absolute atomic E-state index is 13.3. The number of piperidine rings is 1. The van der Waals surface area contributed by atoms with Gasteiger partial charge in [0.1, 0.15) is 0 Å². The Kier molecular flexibility index (Phi) is 6.98. The molecule has 160 valence electrons. The zero-order valence-corrected chi connectivity index (χ0v) is 17.8. The zero-order valence-electron chi connectivity index (χ0n) is 17.8. The molecule has 2 fully saturated rings. The number of aliphatic hydroxyl groups is 1. The van der Waals surface area contributed by atoms with Crippen molar-refractivity contribution in [1.29, 1.82) is 0 Å². The summed E-state index contributed by atoms with van der Waals surface area (Å²) in [6.07, 6.45) is 6.12. The Balaban J connectivity index is 1.32. The average molecular weight is 407 g/mol. The van der Waals surface area contributed by atoms with Crippen molar-refractivity contribution in [3.8, 4) is 0 Å². The molecule has 1 unspecified atom stereocenters. The normalized spacial score (nSPS) is 20.8. The minimum absolute atomic E-state index is 0.0296. The van der Waals surface area contributed by atoms with Crippen LogP contribution in [0.5, 0.6) is 0 Å². The number of hydrogen-bond acceptors (Lipinski definition) is 4. The fourth-order valence-electron chi connectivity index (χ4n) is 5.17. The van der Waals surface area contributed by atoms with E-state index in [1.807, 2.05) is 30.3 Å². The number of nitrogens with zero attached hydrogens (tertiary/aromatic N) is 1. The predicted octanol–water partition coefficient (Wildman–Crippen LogP) is 3.89. The summed E-state index contributed by atoms with van der Waals surface area (Å²) in [4.78, 5) is 15.8. The molecule has 2 aromatic rings. The lowest BCUT2D eigenvalue weighted by Gasteiger charge is -2.35. The Morgan fingerprint density at radius 2 is 1.53 bits per heavy atom. The first-order valence-electron chi connectivity index (χ1n) is 11.5. The summed E-state index contributed by atoms with van der Waals surface area (Å²) in [5.74, 6) is -0.0470. The molecule has 4 rings (SSSR count). The zero-order chi connectivity index (χ0) is 20.8. The first kappa shape index (κ1) is 21.2. The van der Waals surface area contributed by atoms with Gasteiger partial charge < -0.3 is 10.4 Å². The second kappa shape index (κ2) is 9.86. The molecule has 1 aliphatic carbocycles. The quantitative estimate of drug-likeness (QED) is 0.698. The Labute approximate surface area is 180 Å². The monoisotopic (exact) mass is 406 g/mol. The molecule has 2 aromatic carbocycles. The predicted molar refractivity (Wildman–Crippen MR) is 120 cm³/mol. The largest absolute Gasteiger partial charge is 0.377 e. The third-order valence-corrected chi connectivity index (χ3v) is 6.97. The van der Waals surface area contributed by atoms with Crippen molar-refractivity contribution in [3.63, 3.8) is 0 Å². The van der Waals surface area contributed by atoms with Gasteiger partial charge in [0.05, 0.1) is 6.54 Å². The SMILES string of the molecule is O=C(CNC1CCN(Cc2ccccc2)CC1)C(O)(c1ccccc1)C1CCCC1. The first-order valence-corrected chi connectivity index (χ1v) is 11.5. The van der Waals surface area contributed by atoms with Gasteiger partial charge in [-0.05, 0) is 55.8 Å². The van der Waals surface area contributed by atoms with E-state index in [1.165, 1.54) is 5.56 Å². The Morgan fingerprint density at radius 1 is 0.933 bits per heavy atom. The van der Waals surface area contributed by atoms with Gasteiger partial charge in [0.25, 0.3) is 0 Å². The van der Waals surface area contributed by atoms with Crippen molar-refractivity contribution in [2.45, 2.75) is 56.7 Å². The lowest BCUT2D eigenvalue weighted by atomic mass is 9.77. The number of carbonyl (C=O) groups excluding carboxylic acids is 1. The standard InChI is InChI=1S/C26H34N2O2/c29-25(26(30,23-13-7-8-14-23)22-11-5-2-6-12-22)19-27-24-15-17-28(18-16-24)20-21-9-3-1-4-10-21/h1-6,9-12,23-24,27,30H,7-8,13-20H2. The van der Waals surface area contributed by atoms with E-state index >= 15 is 0 Å². The van der Waals surface area contributed by atoms with E-state index in [9.17, 15) is 9.90 Å². The smallest absolute Gasteiger partial charge is 0.182 e. The fraction of sp³-hybridized carbons (Fsp3) is 0.500. The number of likely N-dealkylation sites (tertiary alicyclic amines) is 1. The van der Waals surface area contributed by atoms with Crippen LogP contribution in [0.2, 0.25) is 0 Å². The van der Waals surface area contributed by atoms with Crippen molar-refractivity contribution >= 4 is 5.78 Å². The minimum atomic E-state index is -1.36. The van der Waals surface area contributed by atoms with Crippen LogP contribution in [0.25, 0.3) is 0 Å². The van der Waals surface area contributed by atoms with Crippen molar-refractivity contribution in [2.75, 3.05) is 19.6 Å². The molecule has 0 aromatic heterocycles. The molecule has 0 amide bonds. The van der Waals surface area contributed by atoms with Crippen LogP contribution in [0.15, 0.2) is 60.7 Å². The van der Waals surface area contributed by atoms with Crippen LogP contribution >= 0.6 is 0 Å². The van der Waals surface area contributed by atoms with Gasteiger partial charge in [-0.1, -0.05) is 73.5 Å². The number of ketones is 1. The summed E-state index contributed by atoms with van der Waals surface area (Å²) in [5, 5.41) is 15.1. The van der Waals surface area contributed by atoms with E-state index in [-0.39, 0.29) is 18.2 Å². The van der Waals surface area contributed by atoms with Crippen LogP contribution in [0.4, 0.5) is 0 Å². The molecule has 0 spiro atoms. The minimum Gasteiger partial charge on any atom is -0.377 e. The summed E-state index contributed by atoms with van der Waals surface area (Å²) < 4.78 is 0. The summed E-state index contributed by atoms with van der Waals surface area (Å²) in [7, 11) is 0. The van der Waals surface area contributed by atoms with E-state index in [2.05, 4.69) is 40.5 Å². The lowest BCUT2D eigenvalue weighted by Crippen LogP contribution is -2.50. The number of hydrogen-bond donors (Lipinski definition) is 2. The van der Waals surface area contributed by atoms with Crippen LogP contribution in [0.3, 0.4) is 0 Å². The number of rotatable bonds is 8. The highest BCUT2D eigenvalue weighted by Gasteiger charge is 2.45. The van der Waals surface area contributed by atoms with Gasteiger partial charge in [-0.3, -0.25) is 9.69 Å². The molecule has 0 radical (unpaired) electrons. The van der Waals surface area contributed by atoms with Gasteiger partial charge >= 0.3 is 0 Å². The molecular weight excluding hydrogens is 372 g/mol. The summed E-state index contributed by atoms with van der Waals surface area (Å²) in [6.45, 7) is 3.30. The van der Waals surface area contributed by atoms with Crippen molar-refractivity contribution in [3.05, 3.63) is 71.8 Å². The van der Waals surface area contributed by atoms with E-state index < -0.39 is 5.60 Å². The molecule has 0 bridgehead atoms. The molecule has 4 nitrogen and oxygen atoms in total. The van der Waals surface area contributed by atoms with Crippen LogP contribution < -0.4 is 5.32 Å². The highest BCUT2D eigenvalue weighted by Crippen LogP contribution is 2.41. The summed E-state index contributed by atoms with van der Waals surface area (Å²) in [6, 6.07) is 20.5. The van der Waals surface area contributed by atoms with Gasteiger partial charge in [0.2, 0.25) is 0 Å². The van der Waals surface area contributed by atoms with Crippen LogP contribution in [-0.4, -0.2) is 41.5 Å². The Hall–Kier alpha value is -2.01. The number of carbonyl (C=O) groups is 1. The number of Topliss-reactive ketones (excluding diaryl/α,β-unsaturated/α-hetero) is 1. The molecular formula is C26H34N2O2. The van der Waals surface area contributed by atoms with Crippen LogP contribution in [0.1, 0.15) is 49.7 Å². The molecule has 1 heterocycles. The Bertz CT molecular complexity index is 796. The summed E-state index contributed by atoms with van der Waals surface area (Å²) >= 11 is 0. The van der Waals surface area contributed by atoms with Crippen LogP contribution in [0, 0.1) is 5.92 Å². The number of benzene rings is 2. The first-order chi connectivity index (χ1) is 14.7. The lowest BCUT2D eigenvalue weighted by molar-refractivity contribution is -0.144. The van der Waals surface area contributed by atoms with E-state index in [4.69, 9.17) is 0 Å². The van der Waals surface area contributed by atoms with Gasteiger partial charge in [0, 0.05) is 12.6 Å². The van der Waals surface area contributed by atoms with Gasteiger partial charge in [-0.15, -0.1) is 0 Å². The van der Waals surface area contributed by atoms with E-state index in [0.29, 0.717) is 6.04 Å². The van der Waals surface area contributed by atoms with Gasteiger partial charge in [0.15, 0.2) is 11.4 Å². The number of nitrogens with one attached hydrogen (secondary N) is 1. The highest BCUT2D eigenvalue weighted by atomic mass is 16.3. The maximum atomic E-state index is 13.3. The second-order valence-corrected chi connectivity index (χ2v) is 8.95. The molecule has 4 heteroatoms. The fourth-order valence-corrected chi connectivity index (χ4v) is 5.17. The van der Waals surface area contributed by atoms with Gasteiger partial charge in [-0.2, -0.15) is 0 Å². The molecule has 2 aliphatic rings. The molecule has 1 atom stereocenters. The Morgan fingerprint density at radius 3 is 2.17 bits per heavy atom. The molecule has 1 aliphatic heterocycles. The van der Waals surface area contributed by atoms with Crippen molar-refractivity contribution < 1.29 is 9.90 Å². The third kappa shape index (κ3) is 4.83. The van der Waals surface area contributed by atoms with Crippen molar-refractivity contribution in [2.24, 2.45) is 5.92 Å². The van der Waals surface area contributed by atoms with E-state index in [0.717, 1.165) is 63.7 Å².